The summed E-state index contributed by atoms with van der Waals surface area (Å²) in [6.45, 7) is 1.04. The minimum absolute atomic E-state index is 0.0720. The molecule has 0 spiro atoms. The topological polar surface area (TPSA) is 81.2 Å². The molecule has 1 aromatic heterocycles. The maximum absolute atomic E-state index is 12.6. The molecule has 0 bridgehead atoms. The van der Waals surface area contributed by atoms with E-state index in [9.17, 15) is 8.42 Å². The molecule has 6 nitrogen and oxygen atoms in total. The molecule has 2 N–H and O–H groups in total. The molecular formula is C11H17ClN4O2S. The first-order chi connectivity index (χ1) is 8.91. The van der Waals surface area contributed by atoms with E-state index in [2.05, 4.69) is 5.10 Å². The second kappa shape index (κ2) is 4.44. The summed E-state index contributed by atoms with van der Waals surface area (Å²) in [5.41, 5.74) is 6.04. The minimum atomic E-state index is -3.58. The van der Waals surface area contributed by atoms with Gasteiger partial charge in [0.25, 0.3) is 10.0 Å². The Hall–Kier alpha value is -0.630. The first-order valence-corrected chi connectivity index (χ1v) is 8.16. The van der Waals surface area contributed by atoms with Crippen LogP contribution in [0.1, 0.15) is 12.8 Å². The number of hydrogen-bond acceptors (Lipinski definition) is 4. The Morgan fingerprint density at radius 1 is 1.42 bits per heavy atom. The molecule has 3 unspecified atom stereocenters. The smallest absolute Gasteiger partial charge is 0.261 e. The average Bonchev–Trinajstić information content (AvgIpc) is 2.97. The fourth-order valence-corrected chi connectivity index (χ4v) is 5.41. The summed E-state index contributed by atoms with van der Waals surface area (Å²) in [5.74, 6) is 0.665. The third-order valence-corrected chi connectivity index (χ3v) is 6.65. The van der Waals surface area contributed by atoms with Crippen molar-refractivity contribution in [1.82, 2.24) is 14.1 Å². The summed E-state index contributed by atoms with van der Waals surface area (Å²) in [7, 11) is -1.99. The van der Waals surface area contributed by atoms with Crippen LogP contribution in [-0.2, 0) is 17.1 Å². The number of hydrogen-bond donors (Lipinski definition) is 1. The summed E-state index contributed by atoms with van der Waals surface area (Å²) < 4.78 is 28.0. The van der Waals surface area contributed by atoms with E-state index < -0.39 is 10.0 Å². The number of aromatic nitrogens is 2. The van der Waals surface area contributed by atoms with E-state index >= 15 is 0 Å². The lowest BCUT2D eigenvalue weighted by Gasteiger charge is -2.18. The number of nitrogens with two attached hydrogens (primary N) is 1. The van der Waals surface area contributed by atoms with Crippen molar-refractivity contribution in [2.75, 3.05) is 13.1 Å². The van der Waals surface area contributed by atoms with Crippen LogP contribution in [0.25, 0.3) is 0 Å². The van der Waals surface area contributed by atoms with Crippen molar-refractivity contribution < 1.29 is 8.42 Å². The van der Waals surface area contributed by atoms with Crippen LogP contribution in [0.4, 0.5) is 0 Å². The zero-order chi connectivity index (χ0) is 13.8. The minimum Gasteiger partial charge on any atom is -0.327 e. The van der Waals surface area contributed by atoms with Gasteiger partial charge in [-0.3, -0.25) is 4.68 Å². The van der Waals surface area contributed by atoms with Crippen LogP contribution in [0, 0.1) is 11.8 Å². The van der Waals surface area contributed by atoms with Crippen LogP contribution in [0.5, 0.6) is 0 Å². The molecule has 3 atom stereocenters. The highest BCUT2D eigenvalue weighted by atomic mass is 35.5. The van der Waals surface area contributed by atoms with E-state index in [1.165, 1.54) is 15.2 Å². The van der Waals surface area contributed by atoms with Crippen molar-refractivity contribution >= 4 is 21.6 Å². The van der Waals surface area contributed by atoms with Crippen molar-refractivity contribution in [2.24, 2.45) is 24.6 Å². The van der Waals surface area contributed by atoms with Crippen molar-refractivity contribution in [2.45, 2.75) is 23.9 Å². The van der Waals surface area contributed by atoms with E-state index in [-0.39, 0.29) is 22.0 Å². The molecule has 2 aliphatic rings. The summed E-state index contributed by atoms with van der Waals surface area (Å²) in [5, 5.41) is 4.14. The van der Waals surface area contributed by atoms with Crippen LogP contribution in [0.15, 0.2) is 11.2 Å². The Morgan fingerprint density at radius 2 is 2.16 bits per heavy atom. The van der Waals surface area contributed by atoms with Gasteiger partial charge in [-0.05, 0) is 24.7 Å². The average molecular weight is 305 g/mol. The van der Waals surface area contributed by atoms with Crippen LogP contribution >= 0.6 is 11.6 Å². The predicted octanol–water partition coefficient (Wildman–Crippen LogP) is 0.431. The van der Waals surface area contributed by atoms with E-state index in [0.29, 0.717) is 19.0 Å². The zero-order valence-electron chi connectivity index (χ0n) is 10.7. The highest BCUT2D eigenvalue weighted by Crippen LogP contribution is 2.39. The molecule has 19 heavy (non-hydrogen) atoms. The molecule has 1 saturated carbocycles. The lowest BCUT2D eigenvalue weighted by Crippen LogP contribution is -2.34. The van der Waals surface area contributed by atoms with Gasteiger partial charge in [0.05, 0.1) is 11.2 Å². The number of nitrogens with zero attached hydrogens (tertiary/aromatic N) is 3. The molecule has 2 fully saturated rings. The molecule has 3 rings (SSSR count). The maximum atomic E-state index is 12.6. The Kier molecular flexibility index (Phi) is 3.12. The summed E-state index contributed by atoms with van der Waals surface area (Å²) in [6, 6.07) is 0.118. The lowest BCUT2D eigenvalue weighted by atomic mass is 9.98. The zero-order valence-corrected chi connectivity index (χ0v) is 12.2. The van der Waals surface area contributed by atoms with E-state index in [0.717, 1.165) is 12.8 Å². The standard InChI is InChI=1S/C11H17ClN4O2S/c1-15-11(9(12)4-14-15)19(17,18)16-5-7-2-3-10(13)8(7)6-16/h4,7-8,10H,2-3,5-6,13H2,1H3. The van der Waals surface area contributed by atoms with Gasteiger partial charge in [-0.25, -0.2) is 8.42 Å². The van der Waals surface area contributed by atoms with Gasteiger partial charge >= 0.3 is 0 Å². The maximum Gasteiger partial charge on any atom is 0.261 e. The van der Waals surface area contributed by atoms with Gasteiger partial charge in [0.15, 0.2) is 5.03 Å². The fourth-order valence-electron chi connectivity index (χ4n) is 3.27. The fraction of sp³-hybridized carbons (Fsp3) is 0.727. The van der Waals surface area contributed by atoms with Gasteiger partial charge in [0, 0.05) is 26.2 Å². The molecule has 0 amide bonds. The summed E-state index contributed by atoms with van der Waals surface area (Å²) in [4.78, 5) is 0. The number of rotatable bonds is 2. The first kappa shape index (κ1) is 13.4. The van der Waals surface area contributed by atoms with Crippen molar-refractivity contribution in [3.63, 3.8) is 0 Å². The van der Waals surface area contributed by atoms with Crippen LogP contribution in [-0.4, -0.2) is 41.6 Å². The molecule has 1 aromatic rings. The predicted molar refractivity (Wildman–Crippen MR) is 71.2 cm³/mol. The van der Waals surface area contributed by atoms with Gasteiger partial charge in [-0.2, -0.15) is 9.40 Å². The number of sulfonamides is 1. The van der Waals surface area contributed by atoms with Gasteiger partial charge in [0.1, 0.15) is 0 Å². The van der Waals surface area contributed by atoms with Gasteiger partial charge < -0.3 is 5.73 Å². The normalized spacial score (nSPS) is 31.8. The largest absolute Gasteiger partial charge is 0.327 e. The third kappa shape index (κ3) is 1.99. The molecule has 1 saturated heterocycles. The van der Waals surface area contributed by atoms with Crippen molar-refractivity contribution in [1.29, 1.82) is 0 Å². The quantitative estimate of drug-likeness (QED) is 0.859. The molecule has 0 radical (unpaired) electrons. The summed E-state index contributed by atoms with van der Waals surface area (Å²) >= 11 is 5.94. The summed E-state index contributed by atoms with van der Waals surface area (Å²) in [6.07, 6.45) is 3.36. The monoisotopic (exact) mass is 304 g/mol. The van der Waals surface area contributed by atoms with Gasteiger partial charge in [-0.1, -0.05) is 11.6 Å². The molecule has 1 aliphatic carbocycles. The highest BCUT2D eigenvalue weighted by Gasteiger charge is 2.46. The SMILES string of the molecule is Cn1ncc(Cl)c1S(=O)(=O)N1CC2CCC(N)C2C1. The van der Waals surface area contributed by atoms with E-state index in [4.69, 9.17) is 17.3 Å². The van der Waals surface area contributed by atoms with Gasteiger partial charge in [-0.15, -0.1) is 0 Å². The second-order valence-corrected chi connectivity index (χ2v) is 7.67. The Balaban J connectivity index is 1.91. The molecule has 2 heterocycles. The molecule has 0 aromatic carbocycles. The molecule has 106 valence electrons. The van der Waals surface area contributed by atoms with Crippen molar-refractivity contribution in [3.8, 4) is 0 Å². The van der Waals surface area contributed by atoms with Crippen LogP contribution < -0.4 is 5.73 Å². The molecule has 1 aliphatic heterocycles. The Bertz CT molecular complexity index is 580. The number of fused-ring (bicyclic) bond motifs is 1. The molecular weight excluding hydrogens is 288 g/mol. The number of aryl methyl sites for hydroxylation is 1. The van der Waals surface area contributed by atoms with Crippen molar-refractivity contribution in [3.05, 3.63) is 11.2 Å². The molecule has 8 heteroatoms. The third-order valence-electron chi connectivity index (χ3n) is 4.31. The van der Waals surface area contributed by atoms with E-state index in [1.807, 2.05) is 0 Å². The number of halogens is 1. The highest BCUT2D eigenvalue weighted by molar-refractivity contribution is 7.89. The Morgan fingerprint density at radius 3 is 2.74 bits per heavy atom. The Labute approximate surface area is 117 Å². The first-order valence-electron chi connectivity index (χ1n) is 6.34. The van der Waals surface area contributed by atoms with Crippen LogP contribution in [0.2, 0.25) is 5.02 Å². The van der Waals surface area contributed by atoms with Gasteiger partial charge in [0.2, 0.25) is 0 Å². The van der Waals surface area contributed by atoms with Crippen LogP contribution in [0.3, 0.4) is 0 Å². The van der Waals surface area contributed by atoms with E-state index in [1.54, 1.807) is 7.05 Å². The second-order valence-electron chi connectivity index (χ2n) is 5.41. The lowest BCUT2D eigenvalue weighted by molar-refractivity contribution is 0.422.